The molecule has 0 aromatic carbocycles. The van der Waals surface area contributed by atoms with Crippen molar-refractivity contribution in [2.75, 3.05) is 18.4 Å². The third-order valence-electron chi connectivity index (χ3n) is 3.05. The van der Waals surface area contributed by atoms with Crippen molar-refractivity contribution in [1.82, 2.24) is 9.88 Å². The average molecular weight is 247 g/mol. The van der Waals surface area contributed by atoms with Crippen molar-refractivity contribution in [3.63, 3.8) is 0 Å². The smallest absolute Gasteiger partial charge is 0.227 e. The fourth-order valence-electron chi connectivity index (χ4n) is 1.99. The Balaban J connectivity index is 1.82. The standard InChI is InChI=1S/C13H17N3O2/c1-10-4-2-7-14-13(10)15-11(17)6-9-16-8-3-5-12(16)18/h2,4,7H,3,5-6,8-9H2,1H3,(H,14,15,17). The molecule has 1 saturated heterocycles. The van der Waals surface area contributed by atoms with Gasteiger partial charge in [0.15, 0.2) is 0 Å². The van der Waals surface area contributed by atoms with Crippen LogP contribution in [0.5, 0.6) is 0 Å². The summed E-state index contributed by atoms with van der Waals surface area (Å²) in [7, 11) is 0. The van der Waals surface area contributed by atoms with Gasteiger partial charge in [-0.15, -0.1) is 0 Å². The Bertz CT molecular complexity index is 459. The van der Waals surface area contributed by atoms with Crippen LogP contribution in [0.4, 0.5) is 5.82 Å². The summed E-state index contributed by atoms with van der Waals surface area (Å²) in [5.41, 5.74) is 0.933. The minimum Gasteiger partial charge on any atom is -0.342 e. The van der Waals surface area contributed by atoms with Gasteiger partial charge in [0.25, 0.3) is 0 Å². The number of aromatic nitrogens is 1. The Morgan fingerprint density at radius 2 is 2.39 bits per heavy atom. The normalized spacial score (nSPS) is 14.9. The van der Waals surface area contributed by atoms with E-state index in [4.69, 9.17) is 0 Å². The molecule has 1 fully saturated rings. The lowest BCUT2D eigenvalue weighted by Crippen LogP contribution is -2.28. The maximum Gasteiger partial charge on any atom is 0.227 e. The maximum absolute atomic E-state index is 11.7. The maximum atomic E-state index is 11.7. The van der Waals surface area contributed by atoms with Gasteiger partial charge >= 0.3 is 0 Å². The number of nitrogens with one attached hydrogen (secondary N) is 1. The van der Waals surface area contributed by atoms with E-state index in [-0.39, 0.29) is 11.8 Å². The fourth-order valence-corrected chi connectivity index (χ4v) is 1.99. The minimum atomic E-state index is -0.100. The number of carbonyl (C=O) groups excluding carboxylic acids is 2. The molecule has 2 amide bonds. The van der Waals surface area contributed by atoms with Crippen molar-refractivity contribution in [1.29, 1.82) is 0 Å². The quantitative estimate of drug-likeness (QED) is 0.873. The fraction of sp³-hybridized carbons (Fsp3) is 0.462. The van der Waals surface area contributed by atoms with E-state index in [1.54, 1.807) is 11.1 Å². The lowest BCUT2D eigenvalue weighted by atomic mass is 10.3. The van der Waals surface area contributed by atoms with Crippen LogP contribution >= 0.6 is 0 Å². The molecule has 0 unspecified atom stereocenters. The van der Waals surface area contributed by atoms with Gasteiger partial charge < -0.3 is 10.2 Å². The van der Waals surface area contributed by atoms with E-state index in [0.717, 1.165) is 18.5 Å². The zero-order chi connectivity index (χ0) is 13.0. The molecule has 0 atom stereocenters. The van der Waals surface area contributed by atoms with Crippen LogP contribution in [-0.4, -0.2) is 34.8 Å². The minimum absolute atomic E-state index is 0.100. The molecule has 1 aromatic heterocycles. The molecule has 1 aliphatic heterocycles. The largest absolute Gasteiger partial charge is 0.342 e. The van der Waals surface area contributed by atoms with E-state index in [0.29, 0.717) is 25.2 Å². The van der Waals surface area contributed by atoms with E-state index >= 15 is 0 Å². The number of amides is 2. The molecule has 5 heteroatoms. The third kappa shape index (κ3) is 3.06. The summed E-state index contributed by atoms with van der Waals surface area (Å²) in [6, 6.07) is 3.72. The molecule has 0 saturated carbocycles. The highest BCUT2D eigenvalue weighted by Crippen LogP contribution is 2.12. The van der Waals surface area contributed by atoms with Crippen LogP contribution < -0.4 is 5.32 Å². The molecular weight excluding hydrogens is 230 g/mol. The van der Waals surface area contributed by atoms with E-state index < -0.39 is 0 Å². The van der Waals surface area contributed by atoms with Crippen molar-refractivity contribution in [3.8, 4) is 0 Å². The first-order valence-corrected chi connectivity index (χ1v) is 6.16. The molecule has 2 rings (SSSR count). The Labute approximate surface area is 106 Å². The summed E-state index contributed by atoms with van der Waals surface area (Å²) in [4.78, 5) is 29.0. The Morgan fingerprint density at radius 3 is 3.06 bits per heavy atom. The predicted octanol–water partition coefficient (Wildman–Crippen LogP) is 1.34. The van der Waals surface area contributed by atoms with Crippen LogP contribution in [-0.2, 0) is 9.59 Å². The number of hydrogen-bond donors (Lipinski definition) is 1. The topological polar surface area (TPSA) is 62.3 Å². The van der Waals surface area contributed by atoms with Crippen LogP contribution in [0.2, 0.25) is 0 Å². The SMILES string of the molecule is Cc1cccnc1NC(=O)CCN1CCCC1=O. The van der Waals surface area contributed by atoms with Gasteiger partial charge in [-0.3, -0.25) is 9.59 Å². The average Bonchev–Trinajstić information content (AvgIpc) is 2.75. The molecule has 0 aliphatic carbocycles. The van der Waals surface area contributed by atoms with Crippen molar-refractivity contribution in [2.45, 2.75) is 26.2 Å². The summed E-state index contributed by atoms with van der Waals surface area (Å²) in [6.45, 7) is 3.16. The van der Waals surface area contributed by atoms with E-state index in [9.17, 15) is 9.59 Å². The number of rotatable bonds is 4. The summed E-state index contributed by atoms with van der Waals surface area (Å²) in [5, 5.41) is 2.76. The zero-order valence-corrected chi connectivity index (χ0v) is 10.5. The first kappa shape index (κ1) is 12.5. The van der Waals surface area contributed by atoms with Gasteiger partial charge in [0.1, 0.15) is 5.82 Å². The highest BCUT2D eigenvalue weighted by atomic mass is 16.2. The number of anilines is 1. The first-order valence-electron chi connectivity index (χ1n) is 6.16. The molecule has 0 radical (unpaired) electrons. The van der Waals surface area contributed by atoms with Crippen molar-refractivity contribution >= 4 is 17.6 Å². The van der Waals surface area contributed by atoms with Gasteiger partial charge in [0.05, 0.1) is 0 Å². The van der Waals surface area contributed by atoms with Crippen molar-refractivity contribution < 1.29 is 9.59 Å². The molecule has 0 spiro atoms. The summed E-state index contributed by atoms with van der Waals surface area (Å²) in [5.74, 6) is 0.642. The monoisotopic (exact) mass is 247 g/mol. The molecule has 1 N–H and O–H groups in total. The molecule has 1 aliphatic rings. The van der Waals surface area contributed by atoms with Gasteiger partial charge in [-0.25, -0.2) is 4.98 Å². The first-order chi connectivity index (χ1) is 8.66. The lowest BCUT2D eigenvalue weighted by Gasteiger charge is -2.15. The number of aryl methyl sites for hydroxylation is 1. The lowest BCUT2D eigenvalue weighted by molar-refractivity contribution is -0.128. The molecular formula is C13H17N3O2. The van der Waals surface area contributed by atoms with Crippen molar-refractivity contribution in [2.24, 2.45) is 0 Å². The van der Waals surface area contributed by atoms with Crippen LogP contribution in [0, 0.1) is 6.92 Å². The van der Waals surface area contributed by atoms with Gasteiger partial charge in [0.2, 0.25) is 11.8 Å². The molecule has 1 aromatic rings. The molecule has 96 valence electrons. The van der Waals surface area contributed by atoms with Crippen LogP contribution in [0.25, 0.3) is 0 Å². The number of likely N-dealkylation sites (tertiary alicyclic amines) is 1. The Kier molecular flexibility index (Phi) is 3.92. The number of hydrogen-bond acceptors (Lipinski definition) is 3. The molecule has 0 bridgehead atoms. The zero-order valence-electron chi connectivity index (χ0n) is 10.5. The highest BCUT2D eigenvalue weighted by molar-refractivity contribution is 5.90. The summed E-state index contributed by atoms with van der Waals surface area (Å²) < 4.78 is 0. The van der Waals surface area contributed by atoms with E-state index in [1.807, 2.05) is 19.1 Å². The van der Waals surface area contributed by atoms with Gasteiger partial charge in [-0.1, -0.05) is 6.07 Å². The van der Waals surface area contributed by atoms with Crippen LogP contribution in [0.3, 0.4) is 0 Å². The Morgan fingerprint density at radius 1 is 1.56 bits per heavy atom. The predicted molar refractivity (Wildman–Crippen MR) is 68.0 cm³/mol. The third-order valence-corrected chi connectivity index (χ3v) is 3.05. The van der Waals surface area contributed by atoms with Crippen LogP contribution in [0.15, 0.2) is 18.3 Å². The van der Waals surface area contributed by atoms with Crippen LogP contribution in [0.1, 0.15) is 24.8 Å². The Hall–Kier alpha value is -1.91. The van der Waals surface area contributed by atoms with Crippen molar-refractivity contribution in [3.05, 3.63) is 23.9 Å². The second kappa shape index (κ2) is 5.62. The summed E-state index contributed by atoms with van der Waals surface area (Å²) >= 11 is 0. The van der Waals surface area contributed by atoms with Gasteiger partial charge in [-0.05, 0) is 25.0 Å². The van der Waals surface area contributed by atoms with Gasteiger partial charge in [-0.2, -0.15) is 0 Å². The highest BCUT2D eigenvalue weighted by Gasteiger charge is 2.20. The van der Waals surface area contributed by atoms with Gasteiger partial charge in [0, 0.05) is 32.1 Å². The van der Waals surface area contributed by atoms with E-state index in [1.165, 1.54) is 0 Å². The summed E-state index contributed by atoms with van der Waals surface area (Å²) in [6.07, 6.45) is 3.48. The number of carbonyl (C=O) groups is 2. The number of nitrogens with zero attached hydrogens (tertiary/aromatic N) is 2. The van der Waals surface area contributed by atoms with E-state index in [2.05, 4.69) is 10.3 Å². The molecule has 2 heterocycles. The number of pyridine rings is 1. The molecule has 18 heavy (non-hydrogen) atoms. The molecule has 5 nitrogen and oxygen atoms in total. The second-order valence-electron chi connectivity index (χ2n) is 4.45. The second-order valence-corrected chi connectivity index (χ2v) is 4.45.